The monoisotopic (exact) mass is 351 g/mol. The van der Waals surface area contributed by atoms with Gasteiger partial charge in [0.2, 0.25) is 0 Å². The number of thiocarbonyl (C=S) groups is 1. The number of hydrogen-bond donors (Lipinski definition) is 1. The number of carbonyl (C=O) groups excluding carboxylic acids is 1. The summed E-state index contributed by atoms with van der Waals surface area (Å²) in [5, 5.41) is 12.0. The van der Waals surface area contributed by atoms with Crippen molar-refractivity contribution >= 4 is 23.2 Å². The van der Waals surface area contributed by atoms with Crippen LogP contribution in [0.15, 0.2) is 54.6 Å². The van der Waals surface area contributed by atoms with Gasteiger partial charge in [-0.05, 0) is 42.8 Å². The summed E-state index contributed by atoms with van der Waals surface area (Å²) in [6.45, 7) is 3.04. The smallest absolute Gasteiger partial charge is 0.257 e. The molecule has 4 nitrogen and oxygen atoms in total. The van der Waals surface area contributed by atoms with Crippen molar-refractivity contribution in [3.63, 3.8) is 0 Å². The molecule has 2 rings (SSSR count). The van der Waals surface area contributed by atoms with Gasteiger partial charge in [0.1, 0.15) is 0 Å². The van der Waals surface area contributed by atoms with Gasteiger partial charge in [-0.1, -0.05) is 48.5 Å². The highest BCUT2D eigenvalue weighted by Gasteiger charge is 2.15. The average molecular weight is 351 g/mol. The SMILES string of the molecule is Cc1ccccc1C(=O)NC(=S)N(CCC#N)CCc1ccccc1. The maximum Gasteiger partial charge on any atom is 0.257 e. The highest BCUT2D eigenvalue weighted by Crippen LogP contribution is 2.08. The molecule has 0 unspecified atom stereocenters. The van der Waals surface area contributed by atoms with Crippen molar-refractivity contribution in [2.24, 2.45) is 0 Å². The number of nitrogens with one attached hydrogen (secondary N) is 1. The molecule has 0 aliphatic carbocycles. The van der Waals surface area contributed by atoms with Gasteiger partial charge < -0.3 is 4.90 Å². The molecule has 0 radical (unpaired) electrons. The third kappa shape index (κ3) is 5.70. The van der Waals surface area contributed by atoms with Gasteiger partial charge in [-0.2, -0.15) is 5.26 Å². The van der Waals surface area contributed by atoms with E-state index in [2.05, 4.69) is 23.5 Å². The molecular formula is C20H21N3OS. The van der Waals surface area contributed by atoms with Crippen molar-refractivity contribution in [2.45, 2.75) is 19.8 Å². The van der Waals surface area contributed by atoms with Crippen LogP contribution in [-0.4, -0.2) is 29.0 Å². The van der Waals surface area contributed by atoms with E-state index in [0.717, 1.165) is 12.0 Å². The molecule has 0 fully saturated rings. The Bertz CT molecular complexity index is 768. The van der Waals surface area contributed by atoms with E-state index in [0.29, 0.717) is 30.2 Å². The van der Waals surface area contributed by atoms with Crippen LogP contribution in [0.3, 0.4) is 0 Å². The predicted octanol–water partition coefficient (Wildman–Crippen LogP) is 3.47. The fraction of sp³-hybridized carbons (Fsp3) is 0.250. The lowest BCUT2D eigenvalue weighted by Gasteiger charge is -2.24. The lowest BCUT2D eigenvalue weighted by atomic mass is 10.1. The van der Waals surface area contributed by atoms with Crippen LogP contribution in [0.25, 0.3) is 0 Å². The van der Waals surface area contributed by atoms with Gasteiger partial charge in [0.05, 0.1) is 12.5 Å². The maximum atomic E-state index is 12.4. The molecule has 0 bridgehead atoms. The van der Waals surface area contributed by atoms with Gasteiger partial charge in [-0.3, -0.25) is 10.1 Å². The summed E-state index contributed by atoms with van der Waals surface area (Å²) >= 11 is 5.41. The van der Waals surface area contributed by atoms with E-state index in [-0.39, 0.29) is 5.91 Å². The lowest BCUT2D eigenvalue weighted by Crippen LogP contribution is -2.44. The number of rotatable bonds is 6. The first-order valence-electron chi connectivity index (χ1n) is 8.18. The zero-order chi connectivity index (χ0) is 18.1. The van der Waals surface area contributed by atoms with Crippen LogP contribution in [-0.2, 0) is 6.42 Å². The van der Waals surface area contributed by atoms with Gasteiger partial charge in [0.25, 0.3) is 5.91 Å². The molecule has 0 atom stereocenters. The van der Waals surface area contributed by atoms with Crippen LogP contribution < -0.4 is 5.32 Å². The highest BCUT2D eigenvalue weighted by atomic mass is 32.1. The highest BCUT2D eigenvalue weighted by molar-refractivity contribution is 7.80. The molecule has 1 amide bonds. The first-order valence-corrected chi connectivity index (χ1v) is 8.59. The first kappa shape index (κ1) is 18.6. The maximum absolute atomic E-state index is 12.4. The second kappa shape index (κ2) is 9.55. The average Bonchev–Trinajstić information content (AvgIpc) is 2.62. The number of amides is 1. The number of aryl methyl sites for hydroxylation is 1. The molecule has 0 saturated heterocycles. The molecule has 2 aromatic carbocycles. The van der Waals surface area contributed by atoms with E-state index in [9.17, 15) is 4.79 Å². The third-order valence-electron chi connectivity index (χ3n) is 3.90. The Hall–Kier alpha value is -2.71. The number of benzene rings is 2. The van der Waals surface area contributed by atoms with E-state index >= 15 is 0 Å². The second-order valence-electron chi connectivity index (χ2n) is 5.70. The lowest BCUT2D eigenvalue weighted by molar-refractivity contribution is 0.0972. The Morgan fingerprint density at radius 2 is 1.80 bits per heavy atom. The second-order valence-corrected chi connectivity index (χ2v) is 6.09. The van der Waals surface area contributed by atoms with Crippen LogP contribution in [0, 0.1) is 18.3 Å². The Morgan fingerprint density at radius 3 is 2.48 bits per heavy atom. The Kier molecular flexibility index (Phi) is 7.12. The molecule has 25 heavy (non-hydrogen) atoms. The van der Waals surface area contributed by atoms with Gasteiger partial charge in [0.15, 0.2) is 5.11 Å². The molecule has 0 aromatic heterocycles. The van der Waals surface area contributed by atoms with Gasteiger partial charge in [-0.25, -0.2) is 0 Å². The quantitative estimate of drug-likeness (QED) is 0.810. The summed E-state index contributed by atoms with van der Waals surface area (Å²) in [5.41, 5.74) is 2.70. The molecule has 5 heteroatoms. The minimum Gasteiger partial charge on any atom is -0.348 e. The van der Waals surface area contributed by atoms with Crippen molar-refractivity contribution in [2.75, 3.05) is 13.1 Å². The van der Waals surface area contributed by atoms with E-state index in [1.807, 2.05) is 48.2 Å². The molecule has 128 valence electrons. The zero-order valence-electron chi connectivity index (χ0n) is 14.2. The van der Waals surface area contributed by atoms with E-state index in [1.165, 1.54) is 5.56 Å². The number of carbonyl (C=O) groups is 1. The normalized spacial score (nSPS) is 9.92. The minimum absolute atomic E-state index is 0.218. The molecule has 0 saturated carbocycles. The molecule has 0 aliphatic heterocycles. The van der Waals surface area contributed by atoms with Gasteiger partial charge >= 0.3 is 0 Å². The van der Waals surface area contributed by atoms with E-state index in [4.69, 9.17) is 17.5 Å². The Morgan fingerprint density at radius 1 is 1.12 bits per heavy atom. The van der Waals surface area contributed by atoms with Crippen molar-refractivity contribution in [1.29, 1.82) is 5.26 Å². The molecule has 0 heterocycles. The summed E-state index contributed by atoms with van der Waals surface area (Å²) in [7, 11) is 0. The number of hydrogen-bond acceptors (Lipinski definition) is 3. The van der Waals surface area contributed by atoms with Gasteiger partial charge in [0, 0.05) is 18.7 Å². The fourth-order valence-corrected chi connectivity index (χ4v) is 2.76. The first-order chi connectivity index (χ1) is 12.1. The zero-order valence-corrected chi connectivity index (χ0v) is 15.1. The minimum atomic E-state index is -0.218. The summed E-state index contributed by atoms with van der Waals surface area (Å²) < 4.78 is 0. The molecule has 1 N–H and O–H groups in total. The fourth-order valence-electron chi connectivity index (χ4n) is 2.48. The van der Waals surface area contributed by atoms with E-state index in [1.54, 1.807) is 6.07 Å². The molecular weight excluding hydrogens is 330 g/mol. The molecule has 0 aliphatic rings. The van der Waals surface area contributed by atoms with E-state index < -0.39 is 0 Å². The predicted molar refractivity (Wildman–Crippen MR) is 103 cm³/mol. The number of nitrogens with zero attached hydrogens (tertiary/aromatic N) is 2. The summed E-state index contributed by atoms with van der Waals surface area (Å²) in [5.74, 6) is -0.218. The standard InChI is InChI=1S/C20H21N3OS/c1-16-8-5-6-11-18(16)19(24)22-20(25)23(14-7-13-21)15-12-17-9-3-2-4-10-17/h2-6,8-11H,7,12,14-15H2,1H3,(H,22,24,25). The van der Waals surface area contributed by atoms with Gasteiger partial charge in [-0.15, -0.1) is 0 Å². The van der Waals surface area contributed by atoms with Crippen LogP contribution >= 0.6 is 12.2 Å². The van der Waals surface area contributed by atoms with Crippen molar-refractivity contribution in [3.8, 4) is 6.07 Å². The Balaban J connectivity index is 2.01. The van der Waals surface area contributed by atoms with Crippen LogP contribution in [0.4, 0.5) is 0 Å². The largest absolute Gasteiger partial charge is 0.348 e. The van der Waals surface area contributed by atoms with Crippen LogP contribution in [0.2, 0.25) is 0 Å². The van der Waals surface area contributed by atoms with Crippen molar-refractivity contribution < 1.29 is 4.79 Å². The summed E-state index contributed by atoms with van der Waals surface area (Å²) in [6.07, 6.45) is 1.15. The number of nitriles is 1. The van der Waals surface area contributed by atoms with Crippen LogP contribution in [0.1, 0.15) is 27.9 Å². The van der Waals surface area contributed by atoms with Crippen molar-refractivity contribution in [1.82, 2.24) is 10.2 Å². The summed E-state index contributed by atoms with van der Waals surface area (Å²) in [4.78, 5) is 14.3. The summed E-state index contributed by atoms with van der Waals surface area (Å²) in [6, 6.07) is 19.6. The molecule has 0 spiro atoms. The van der Waals surface area contributed by atoms with Crippen molar-refractivity contribution in [3.05, 3.63) is 71.3 Å². The van der Waals surface area contributed by atoms with Crippen LogP contribution in [0.5, 0.6) is 0 Å². The molecule has 2 aromatic rings. The topological polar surface area (TPSA) is 56.1 Å². The third-order valence-corrected chi connectivity index (χ3v) is 4.26. The Labute approximate surface area is 154 Å².